The maximum absolute atomic E-state index is 12.9. The largest absolute Gasteiger partial charge is 0.497 e. The quantitative estimate of drug-likeness (QED) is 0.657. The Kier molecular flexibility index (Phi) is 7.10. The predicted octanol–water partition coefficient (Wildman–Crippen LogP) is 2.21. The van der Waals surface area contributed by atoms with Crippen LogP contribution in [0.3, 0.4) is 0 Å². The van der Waals surface area contributed by atoms with Gasteiger partial charge in [-0.05, 0) is 50.3 Å². The third kappa shape index (κ3) is 5.30. The number of methoxy groups -OCH3 is 1. The lowest BCUT2D eigenvalue weighted by Gasteiger charge is -2.40. The molecule has 172 valence electrons. The number of benzene rings is 1. The van der Waals surface area contributed by atoms with Crippen LogP contribution in [0.5, 0.6) is 5.75 Å². The van der Waals surface area contributed by atoms with Gasteiger partial charge in [-0.1, -0.05) is 12.1 Å². The van der Waals surface area contributed by atoms with E-state index < -0.39 is 23.7 Å². The molecule has 2 heterocycles. The lowest BCUT2D eigenvalue weighted by molar-refractivity contribution is -0.161. The first-order chi connectivity index (χ1) is 14.7. The summed E-state index contributed by atoms with van der Waals surface area (Å²) in [6.07, 6.45) is -3.55. The van der Waals surface area contributed by atoms with E-state index in [-0.39, 0.29) is 38.0 Å². The number of amides is 1. The fourth-order valence-corrected chi connectivity index (χ4v) is 4.18. The molecule has 0 bridgehead atoms. The van der Waals surface area contributed by atoms with Crippen molar-refractivity contribution in [1.82, 2.24) is 15.8 Å². The van der Waals surface area contributed by atoms with Gasteiger partial charge in [0.05, 0.1) is 19.1 Å². The Labute approximate surface area is 179 Å². The standard InChI is InChI=1S/C21H28F3N3O4/c1-3-31-19(29)20(13-14-4-6-15(30-2)7-5-14)8-10-27(11-9-20)18(28)16-12-17(26-25-16)21(22,23)24/h4-7,16-17,25-26H,3,8-13H2,1-2H3. The Morgan fingerprint density at radius 1 is 1.16 bits per heavy atom. The number of nitrogens with zero attached hydrogens (tertiary/aromatic N) is 1. The van der Waals surface area contributed by atoms with Crippen molar-refractivity contribution < 1.29 is 32.2 Å². The number of carbonyl (C=O) groups is 2. The number of hydrogen-bond acceptors (Lipinski definition) is 6. The molecule has 31 heavy (non-hydrogen) atoms. The van der Waals surface area contributed by atoms with Gasteiger partial charge in [0.15, 0.2) is 0 Å². The van der Waals surface area contributed by atoms with E-state index in [1.807, 2.05) is 24.3 Å². The molecule has 3 rings (SSSR count). The molecule has 10 heteroatoms. The molecule has 0 spiro atoms. The Hall–Kier alpha value is -2.33. The zero-order valence-electron chi connectivity index (χ0n) is 17.6. The molecule has 0 aromatic heterocycles. The summed E-state index contributed by atoms with van der Waals surface area (Å²) >= 11 is 0. The van der Waals surface area contributed by atoms with Crippen molar-refractivity contribution in [3.8, 4) is 5.75 Å². The normalized spacial score (nSPS) is 23.5. The zero-order valence-corrected chi connectivity index (χ0v) is 17.6. The lowest BCUT2D eigenvalue weighted by Crippen LogP contribution is -2.52. The monoisotopic (exact) mass is 443 g/mol. The molecule has 0 aliphatic carbocycles. The van der Waals surface area contributed by atoms with Crippen molar-refractivity contribution in [2.45, 2.75) is 50.9 Å². The number of hydrogen-bond donors (Lipinski definition) is 2. The molecule has 0 radical (unpaired) electrons. The summed E-state index contributed by atoms with van der Waals surface area (Å²) in [6.45, 7) is 2.56. The highest BCUT2D eigenvalue weighted by molar-refractivity contribution is 5.83. The fourth-order valence-electron chi connectivity index (χ4n) is 4.18. The predicted molar refractivity (Wildman–Crippen MR) is 106 cm³/mol. The zero-order chi connectivity index (χ0) is 22.6. The number of carbonyl (C=O) groups excluding carboxylic acids is 2. The summed E-state index contributed by atoms with van der Waals surface area (Å²) in [5.74, 6) is 0.0149. The van der Waals surface area contributed by atoms with Crippen LogP contribution in [-0.2, 0) is 20.7 Å². The molecule has 2 unspecified atom stereocenters. The molecular formula is C21H28F3N3O4. The minimum absolute atomic E-state index is 0.252. The van der Waals surface area contributed by atoms with Gasteiger partial charge in [0.1, 0.15) is 17.8 Å². The third-order valence-electron chi connectivity index (χ3n) is 6.04. The summed E-state index contributed by atoms with van der Waals surface area (Å²) in [5, 5.41) is 0. The summed E-state index contributed by atoms with van der Waals surface area (Å²) in [5.41, 5.74) is 4.78. The molecule has 2 fully saturated rings. The number of rotatable bonds is 6. The summed E-state index contributed by atoms with van der Waals surface area (Å²) in [4.78, 5) is 27.1. The van der Waals surface area contributed by atoms with Crippen LogP contribution in [0.4, 0.5) is 13.2 Å². The molecule has 2 aliphatic heterocycles. The number of piperidine rings is 1. The number of halogens is 3. The molecule has 7 nitrogen and oxygen atoms in total. The summed E-state index contributed by atoms with van der Waals surface area (Å²) in [6, 6.07) is 4.74. The van der Waals surface area contributed by atoms with Crippen molar-refractivity contribution in [1.29, 1.82) is 0 Å². The van der Waals surface area contributed by atoms with Gasteiger partial charge in [-0.2, -0.15) is 13.2 Å². The van der Waals surface area contributed by atoms with Crippen LogP contribution in [0.25, 0.3) is 0 Å². The fraction of sp³-hybridized carbons (Fsp3) is 0.619. The Balaban J connectivity index is 1.66. The number of likely N-dealkylation sites (tertiary alicyclic amines) is 1. The summed E-state index contributed by atoms with van der Waals surface area (Å²) < 4.78 is 49.1. The second-order valence-corrected chi connectivity index (χ2v) is 8.02. The van der Waals surface area contributed by atoms with E-state index in [0.717, 1.165) is 5.56 Å². The van der Waals surface area contributed by atoms with Gasteiger partial charge >= 0.3 is 12.1 Å². The molecule has 0 saturated carbocycles. The smallest absolute Gasteiger partial charge is 0.405 e. The number of hydrazine groups is 1. The second-order valence-electron chi connectivity index (χ2n) is 8.02. The van der Waals surface area contributed by atoms with Gasteiger partial charge in [-0.25, -0.2) is 10.9 Å². The van der Waals surface area contributed by atoms with Gasteiger partial charge < -0.3 is 14.4 Å². The van der Waals surface area contributed by atoms with Crippen LogP contribution in [0.15, 0.2) is 24.3 Å². The molecule has 2 aliphatic rings. The van der Waals surface area contributed by atoms with Crippen LogP contribution >= 0.6 is 0 Å². The average Bonchev–Trinajstić information content (AvgIpc) is 3.25. The van der Waals surface area contributed by atoms with Gasteiger partial charge in [-0.15, -0.1) is 0 Å². The molecule has 2 atom stereocenters. The van der Waals surface area contributed by atoms with Crippen molar-refractivity contribution in [3.05, 3.63) is 29.8 Å². The molecule has 2 N–H and O–H groups in total. The van der Waals surface area contributed by atoms with Gasteiger partial charge in [0.25, 0.3) is 0 Å². The van der Waals surface area contributed by atoms with Crippen molar-refractivity contribution in [2.75, 3.05) is 26.8 Å². The van der Waals surface area contributed by atoms with Crippen molar-refractivity contribution in [2.24, 2.45) is 5.41 Å². The SMILES string of the molecule is CCOC(=O)C1(Cc2ccc(OC)cc2)CCN(C(=O)C2CC(C(F)(F)F)NN2)CC1. The van der Waals surface area contributed by atoms with Crippen molar-refractivity contribution >= 4 is 11.9 Å². The van der Waals surface area contributed by atoms with E-state index in [1.165, 1.54) is 4.90 Å². The third-order valence-corrected chi connectivity index (χ3v) is 6.04. The van der Waals surface area contributed by atoms with Crippen LogP contribution in [-0.4, -0.2) is 61.8 Å². The number of ether oxygens (including phenoxy) is 2. The van der Waals surface area contributed by atoms with Crippen LogP contribution in [0.1, 0.15) is 31.7 Å². The Morgan fingerprint density at radius 2 is 1.81 bits per heavy atom. The minimum atomic E-state index is -4.42. The van der Waals surface area contributed by atoms with E-state index in [1.54, 1.807) is 14.0 Å². The van der Waals surface area contributed by atoms with Crippen LogP contribution in [0, 0.1) is 5.41 Å². The molecule has 1 aromatic carbocycles. The first kappa shape index (κ1) is 23.3. The minimum Gasteiger partial charge on any atom is -0.497 e. The van der Waals surface area contributed by atoms with E-state index in [2.05, 4.69) is 10.9 Å². The van der Waals surface area contributed by atoms with Gasteiger partial charge in [0.2, 0.25) is 5.91 Å². The molecule has 1 aromatic rings. The Bertz CT molecular complexity index is 777. The highest BCUT2D eigenvalue weighted by atomic mass is 19.4. The van der Waals surface area contributed by atoms with E-state index in [9.17, 15) is 22.8 Å². The van der Waals surface area contributed by atoms with Crippen molar-refractivity contribution in [3.63, 3.8) is 0 Å². The highest BCUT2D eigenvalue weighted by Crippen LogP contribution is 2.37. The topological polar surface area (TPSA) is 79.9 Å². The lowest BCUT2D eigenvalue weighted by atomic mass is 9.73. The maximum Gasteiger partial charge on any atom is 0.405 e. The van der Waals surface area contributed by atoms with Crippen LogP contribution < -0.4 is 15.6 Å². The number of esters is 1. The number of nitrogens with one attached hydrogen (secondary N) is 2. The van der Waals surface area contributed by atoms with Gasteiger partial charge in [-0.3, -0.25) is 9.59 Å². The molecule has 1 amide bonds. The first-order valence-corrected chi connectivity index (χ1v) is 10.4. The molecule has 2 saturated heterocycles. The first-order valence-electron chi connectivity index (χ1n) is 10.4. The Morgan fingerprint density at radius 3 is 2.32 bits per heavy atom. The van der Waals surface area contributed by atoms with E-state index >= 15 is 0 Å². The number of alkyl halides is 3. The van der Waals surface area contributed by atoms with E-state index in [4.69, 9.17) is 9.47 Å². The molecular weight excluding hydrogens is 415 g/mol. The summed E-state index contributed by atoms with van der Waals surface area (Å²) in [7, 11) is 1.58. The maximum atomic E-state index is 12.9. The van der Waals surface area contributed by atoms with Crippen LogP contribution in [0.2, 0.25) is 0 Å². The second kappa shape index (κ2) is 9.44. The van der Waals surface area contributed by atoms with E-state index in [0.29, 0.717) is 25.0 Å². The highest BCUT2D eigenvalue weighted by Gasteiger charge is 2.48. The average molecular weight is 443 g/mol. The van der Waals surface area contributed by atoms with Gasteiger partial charge in [0, 0.05) is 13.1 Å².